The second kappa shape index (κ2) is 5.29. The Kier molecular flexibility index (Phi) is 3.76. The van der Waals surface area contributed by atoms with E-state index >= 15 is 0 Å². The van der Waals surface area contributed by atoms with Gasteiger partial charge in [-0.15, -0.1) is 0 Å². The Labute approximate surface area is 97.2 Å². The molecule has 1 aromatic carbocycles. The highest BCUT2D eigenvalue weighted by Gasteiger charge is 2.13. The normalized spacial score (nSPS) is 14.5. The third kappa shape index (κ3) is 2.52. The van der Waals surface area contributed by atoms with Gasteiger partial charge in [-0.25, -0.2) is 4.39 Å². The first-order valence-corrected chi connectivity index (χ1v) is 6.28. The fraction of sp³-hybridized carbons (Fsp3) is 0.467. The van der Waals surface area contributed by atoms with Crippen LogP contribution in [0.4, 0.5) is 4.39 Å². The van der Waals surface area contributed by atoms with Crippen LogP contribution in [0.15, 0.2) is 23.8 Å². The highest BCUT2D eigenvalue weighted by Crippen LogP contribution is 2.28. The summed E-state index contributed by atoms with van der Waals surface area (Å²) >= 11 is 0. The molecule has 86 valence electrons. The van der Waals surface area contributed by atoms with Gasteiger partial charge >= 0.3 is 0 Å². The Morgan fingerprint density at radius 1 is 1.19 bits per heavy atom. The van der Waals surface area contributed by atoms with E-state index in [0.717, 1.165) is 24.0 Å². The number of rotatable bonds is 4. The Balaban J connectivity index is 2.09. The van der Waals surface area contributed by atoms with Crippen molar-refractivity contribution < 1.29 is 4.39 Å². The first-order valence-electron chi connectivity index (χ1n) is 6.28. The van der Waals surface area contributed by atoms with Crippen LogP contribution in [-0.4, -0.2) is 0 Å². The van der Waals surface area contributed by atoms with Gasteiger partial charge in [0.05, 0.1) is 0 Å². The van der Waals surface area contributed by atoms with Gasteiger partial charge in [0.25, 0.3) is 0 Å². The van der Waals surface area contributed by atoms with Crippen molar-refractivity contribution in [2.75, 3.05) is 0 Å². The highest BCUT2D eigenvalue weighted by atomic mass is 19.1. The standard InChI is InChI=1S/C15H19F/c1-2-3-4-6-12-9-10-14-13(11-12)7-5-8-15(14)16/h5,7-8,11H,2-4,6,9-10H2,1H3. The van der Waals surface area contributed by atoms with E-state index in [-0.39, 0.29) is 5.82 Å². The monoisotopic (exact) mass is 218 g/mol. The Morgan fingerprint density at radius 2 is 2.06 bits per heavy atom. The van der Waals surface area contributed by atoms with Crippen molar-refractivity contribution in [2.24, 2.45) is 0 Å². The predicted molar refractivity (Wildman–Crippen MR) is 66.8 cm³/mol. The molecule has 16 heavy (non-hydrogen) atoms. The van der Waals surface area contributed by atoms with Crippen molar-refractivity contribution in [3.8, 4) is 0 Å². The summed E-state index contributed by atoms with van der Waals surface area (Å²) < 4.78 is 13.5. The quantitative estimate of drug-likeness (QED) is 0.640. The van der Waals surface area contributed by atoms with Crippen molar-refractivity contribution in [1.82, 2.24) is 0 Å². The summed E-state index contributed by atoms with van der Waals surface area (Å²) in [4.78, 5) is 0. The minimum Gasteiger partial charge on any atom is -0.207 e. The van der Waals surface area contributed by atoms with E-state index in [1.165, 1.54) is 31.3 Å². The van der Waals surface area contributed by atoms with Crippen LogP contribution >= 0.6 is 0 Å². The number of benzene rings is 1. The molecule has 0 nitrogen and oxygen atoms in total. The molecule has 1 aromatic rings. The van der Waals surface area contributed by atoms with Crippen LogP contribution in [0.2, 0.25) is 0 Å². The highest BCUT2D eigenvalue weighted by molar-refractivity contribution is 5.59. The molecule has 1 aliphatic rings. The minimum atomic E-state index is -0.0404. The average molecular weight is 218 g/mol. The maximum atomic E-state index is 13.5. The number of halogens is 1. The molecule has 0 bridgehead atoms. The number of fused-ring (bicyclic) bond motifs is 1. The lowest BCUT2D eigenvalue weighted by atomic mass is 9.89. The minimum absolute atomic E-state index is 0.0404. The molecule has 0 amide bonds. The number of hydrogen-bond acceptors (Lipinski definition) is 0. The van der Waals surface area contributed by atoms with Crippen LogP contribution in [0.1, 0.15) is 50.2 Å². The van der Waals surface area contributed by atoms with Crippen molar-refractivity contribution in [3.63, 3.8) is 0 Å². The number of hydrogen-bond donors (Lipinski definition) is 0. The molecule has 1 aliphatic carbocycles. The molecule has 0 saturated heterocycles. The summed E-state index contributed by atoms with van der Waals surface area (Å²) in [6.07, 6.45) is 9.12. The van der Waals surface area contributed by atoms with E-state index in [9.17, 15) is 4.39 Å². The Morgan fingerprint density at radius 3 is 2.88 bits per heavy atom. The van der Waals surface area contributed by atoms with Crippen LogP contribution < -0.4 is 0 Å². The lowest BCUT2D eigenvalue weighted by Gasteiger charge is -2.16. The Hall–Kier alpha value is -1.11. The first kappa shape index (κ1) is 11.4. The molecule has 2 rings (SSSR count). The van der Waals surface area contributed by atoms with Gasteiger partial charge in [0.2, 0.25) is 0 Å². The maximum Gasteiger partial charge on any atom is 0.127 e. The van der Waals surface area contributed by atoms with Crippen molar-refractivity contribution in [3.05, 3.63) is 40.7 Å². The Bertz CT molecular complexity index is 390. The van der Waals surface area contributed by atoms with E-state index in [4.69, 9.17) is 0 Å². The first-order chi connectivity index (χ1) is 7.81. The molecule has 0 unspecified atom stereocenters. The van der Waals surface area contributed by atoms with Gasteiger partial charge in [-0.05, 0) is 42.9 Å². The number of allylic oxidation sites excluding steroid dienone is 1. The molecule has 0 fully saturated rings. The maximum absolute atomic E-state index is 13.5. The fourth-order valence-corrected chi connectivity index (χ4v) is 2.35. The van der Waals surface area contributed by atoms with E-state index in [1.807, 2.05) is 6.07 Å². The zero-order valence-electron chi connectivity index (χ0n) is 9.93. The van der Waals surface area contributed by atoms with E-state index in [0.29, 0.717) is 0 Å². The summed E-state index contributed by atoms with van der Waals surface area (Å²) in [6, 6.07) is 5.39. The molecule has 0 N–H and O–H groups in total. The molecule has 0 saturated carbocycles. The third-order valence-electron chi connectivity index (χ3n) is 3.31. The van der Waals surface area contributed by atoms with Gasteiger partial charge in [-0.1, -0.05) is 43.5 Å². The SMILES string of the molecule is CCCCCC1=Cc2cccc(F)c2CC1. The largest absolute Gasteiger partial charge is 0.207 e. The van der Waals surface area contributed by atoms with Gasteiger partial charge in [0.1, 0.15) is 5.82 Å². The fourth-order valence-electron chi connectivity index (χ4n) is 2.35. The second-order valence-electron chi connectivity index (χ2n) is 4.57. The molecular formula is C15H19F. The predicted octanol–water partition coefficient (Wildman–Crippen LogP) is 4.74. The molecular weight excluding hydrogens is 199 g/mol. The molecule has 0 radical (unpaired) electrons. The van der Waals surface area contributed by atoms with Crippen LogP contribution in [0.5, 0.6) is 0 Å². The summed E-state index contributed by atoms with van der Waals surface area (Å²) in [5.74, 6) is -0.0404. The molecule has 0 aromatic heterocycles. The molecule has 0 heterocycles. The van der Waals surface area contributed by atoms with E-state index < -0.39 is 0 Å². The summed E-state index contributed by atoms with van der Waals surface area (Å²) in [5, 5.41) is 0. The van der Waals surface area contributed by atoms with Gasteiger partial charge < -0.3 is 0 Å². The smallest absolute Gasteiger partial charge is 0.127 e. The topological polar surface area (TPSA) is 0 Å². The number of unbranched alkanes of at least 4 members (excludes halogenated alkanes) is 2. The van der Waals surface area contributed by atoms with Crippen LogP contribution in [-0.2, 0) is 6.42 Å². The summed E-state index contributed by atoms with van der Waals surface area (Å²) in [5.41, 5.74) is 3.49. The lowest BCUT2D eigenvalue weighted by molar-refractivity contribution is 0.603. The molecule has 0 atom stereocenters. The van der Waals surface area contributed by atoms with Crippen LogP contribution in [0.3, 0.4) is 0 Å². The molecule has 1 heteroatoms. The van der Waals surface area contributed by atoms with E-state index in [2.05, 4.69) is 13.0 Å². The van der Waals surface area contributed by atoms with Gasteiger partial charge in [0, 0.05) is 0 Å². The van der Waals surface area contributed by atoms with Crippen LogP contribution in [0.25, 0.3) is 6.08 Å². The third-order valence-corrected chi connectivity index (χ3v) is 3.31. The van der Waals surface area contributed by atoms with Crippen molar-refractivity contribution in [2.45, 2.75) is 45.4 Å². The van der Waals surface area contributed by atoms with Crippen molar-refractivity contribution >= 4 is 6.08 Å². The zero-order chi connectivity index (χ0) is 11.4. The average Bonchev–Trinajstić information content (AvgIpc) is 2.30. The van der Waals surface area contributed by atoms with Crippen LogP contribution in [0, 0.1) is 5.82 Å². The van der Waals surface area contributed by atoms with E-state index in [1.54, 1.807) is 12.1 Å². The lowest BCUT2D eigenvalue weighted by Crippen LogP contribution is -2.02. The second-order valence-corrected chi connectivity index (χ2v) is 4.57. The zero-order valence-corrected chi connectivity index (χ0v) is 9.93. The summed E-state index contributed by atoms with van der Waals surface area (Å²) in [6.45, 7) is 2.22. The van der Waals surface area contributed by atoms with Gasteiger partial charge in [-0.3, -0.25) is 0 Å². The molecule has 0 aliphatic heterocycles. The molecule has 0 spiro atoms. The van der Waals surface area contributed by atoms with Gasteiger partial charge in [-0.2, -0.15) is 0 Å². The van der Waals surface area contributed by atoms with Crippen molar-refractivity contribution in [1.29, 1.82) is 0 Å². The van der Waals surface area contributed by atoms with Gasteiger partial charge in [0.15, 0.2) is 0 Å². The summed E-state index contributed by atoms with van der Waals surface area (Å²) in [7, 11) is 0.